The Balaban J connectivity index is 1.58. The molecule has 150 valence electrons. The van der Waals surface area contributed by atoms with Crippen LogP contribution in [-0.4, -0.2) is 57.1 Å². The summed E-state index contributed by atoms with van der Waals surface area (Å²) in [5.74, 6) is -0.0319. The topological polar surface area (TPSA) is 81.6 Å². The van der Waals surface area contributed by atoms with Gasteiger partial charge in [0.15, 0.2) is 0 Å². The summed E-state index contributed by atoms with van der Waals surface area (Å²) in [7, 11) is 0. The highest BCUT2D eigenvalue weighted by Gasteiger charge is 2.34. The van der Waals surface area contributed by atoms with Gasteiger partial charge in [0, 0.05) is 44.6 Å². The van der Waals surface area contributed by atoms with Crippen molar-refractivity contribution in [1.82, 2.24) is 19.8 Å². The molecule has 1 amide bonds. The van der Waals surface area contributed by atoms with Gasteiger partial charge in [0.2, 0.25) is 5.95 Å². The number of nitrogens with one attached hydrogen (secondary N) is 1. The number of amides is 1. The van der Waals surface area contributed by atoms with Crippen LogP contribution in [0, 0.1) is 0 Å². The van der Waals surface area contributed by atoms with Crippen LogP contribution in [0.1, 0.15) is 11.1 Å². The Morgan fingerprint density at radius 1 is 1.18 bits per heavy atom. The van der Waals surface area contributed by atoms with Crippen molar-refractivity contribution in [3.05, 3.63) is 46.7 Å². The van der Waals surface area contributed by atoms with Gasteiger partial charge in [-0.25, -0.2) is 14.8 Å². The van der Waals surface area contributed by atoms with Gasteiger partial charge in [-0.1, -0.05) is 23.7 Å². The molecule has 28 heavy (non-hydrogen) atoms. The summed E-state index contributed by atoms with van der Waals surface area (Å²) in [5.41, 5.74) is 0.550. The van der Waals surface area contributed by atoms with Crippen molar-refractivity contribution in [3.8, 4) is 0 Å². The Kier molecular flexibility index (Phi) is 5.90. The molecule has 1 fully saturated rings. The zero-order valence-electron chi connectivity index (χ0n) is 14.6. The van der Waals surface area contributed by atoms with E-state index in [1.807, 2.05) is 12.1 Å². The third-order valence-corrected chi connectivity index (χ3v) is 4.59. The highest BCUT2D eigenvalue weighted by molar-refractivity contribution is 6.30. The molecule has 0 radical (unpaired) electrons. The second-order valence-corrected chi connectivity index (χ2v) is 6.62. The third kappa shape index (κ3) is 5.02. The fourth-order valence-corrected chi connectivity index (χ4v) is 3.03. The number of piperazine rings is 1. The number of halogens is 4. The summed E-state index contributed by atoms with van der Waals surface area (Å²) in [4.78, 5) is 21.7. The lowest BCUT2D eigenvalue weighted by molar-refractivity contribution is -0.137. The first-order valence-electron chi connectivity index (χ1n) is 8.38. The monoisotopic (exact) mass is 415 g/mol. The zero-order valence-corrected chi connectivity index (χ0v) is 15.3. The predicted octanol–water partition coefficient (Wildman–Crippen LogP) is 3.69. The number of rotatable bonds is 4. The van der Waals surface area contributed by atoms with Crippen LogP contribution < -0.4 is 5.32 Å². The molecule has 1 aromatic carbocycles. The molecular weight excluding hydrogens is 399 g/mol. The molecule has 1 aliphatic heterocycles. The average molecular weight is 416 g/mol. The molecule has 0 spiro atoms. The van der Waals surface area contributed by atoms with Gasteiger partial charge >= 0.3 is 12.3 Å². The maximum atomic E-state index is 12.7. The molecule has 2 heterocycles. The summed E-state index contributed by atoms with van der Waals surface area (Å²) in [6.45, 7) is 2.94. The van der Waals surface area contributed by atoms with Crippen molar-refractivity contribution < 1.29 is 23.1 Å². The van der Waals surface area contributed by atoms with Gasteiger partial charge in [0.05, 0.1) is 0 Å². The maximum absolute atomic E-state index is 12.7. The fourth-order valence-electron chi connectivity index (χ4n) is 2.79. The number of nitrogens with zero attached hydrogens (tertiary/aromatic N) is 4. The van der Waals surface area contributed by atoms with Crippen molar-refractivity contribution in [2.75, 3.05) is 31.5 Å². The zero-order chi connectivity index (χ0) is 20.3. The van der Waals surface area contributed by atoms with E-state index in [0.717, 1.165) is 5.56 Å². The number of carbonyl (C=O) groups is 1. The summed E-state index contributed by atoms with van der Waals surface area (Å²) >= 11 is 5.59. The summed E-state index contributed by atoms with van der Waals surface area (Å²) < 4.78 is 38.1. The van der Waals surface area contributed by atoms with E-state index >= 15 is 0 Å². The van der Waals surface area contributed by atoms with Crippen LogP contribution in [0.3, 0.4) is 0 Å². The summed E-state index contributed by atoms with van der Waals surface area (Å²) in [5, 5.41) is 11.1. The number of hydrogen-bond acceptors (Lipinski definition) is 5. The lowest BCUT2D eigenvalue weighted by atomic mass is 10.2. The van der Waals surface area contributed by atoms with Gasteiger partial charge in [0.1, 0.15) is 10.7 Å². The minimum Gasteiger partial charge on any atom is -0.465 e. The molecule has 7 nitrogen and oxygen atoms in total. The smallest absolute Gasteiger partial charge is 0.420 e. The molecule has 1 aromatic heterocycles. The number of aromatic nitrogens is 2. The highest BCUT2D eigenvalue weighted by atomic mass is 35.5. The normalized spacial score (nSPS) is 15.5. The SMILES string of the molecule is O=C(O)N1CCN(Cc2ccc(Nc3ncc(C(F)(F)F)c(Cl)n3)cc2)CC1. The fraction of sp³-hybridized carbons (Fsp3) is 0.353. The first-order valence-corrected chi connectivity index (χ1v) is 8.76. The molecule has 0 unspecified atom stereocenters. The van der Waals surface area contributed by atoms with Gasteiger partial charge < -0.3 is 15.3 Å². The summed E-state index contributed by atoms with van der Waals surface area (Å²) in [6, 6.07) is 7.27. The van der Waals surface area contributed by atoms with Gasteiger partial charge in [0.25, 0.3) is 0 Å². The Labute approximate surface area is 163 Å². The van der Waals surface area contributed by atoms with E-state index in [1.54, 1.807) is 12.1 Å². The molecule has 2 aromatic rings. The molecular formula is C17H17ClF3N5O2. The predicted molar refractivity (Wildman–Crippen MR) is 96.6 cm³/mol. The first-order chi connectivity index (χ1) is 13.2. The van der Waals surface area contributed by atoms with Crippen molar-refractivity contribution >= 4 is 29.3 Å². The molecule has 1 aliphatic rings. The molecule has 3 rings (SSSR count). The molecule has 11 heteroatoms. The number of benzene rings is 1. The second kappa shape index (κ2) is 8.19. The van der Waals surface area contributed by atoms with Crippen LogP contribution in [0.2, 0.25) is 5.15 Å². The van der Waals surface area contributed by atoms with E-state index in [2.05, 4.69) is 20.2 Å². The molecule has 0 bridgehead atoms. The van der Waals surface area contributed by atoms with Crippen LogP contribution in [0.4, 0.5) is 29.6 Å². The third-order valence-electron chi connectivity index (χ3n) is 4.31. The summed E-state index contributed by atoms with van der Waals surface area (Å²) in [6.07, 6.45) is -4.86. The van der Waals surface area contributed by atoms with Crippen LogP contribution in [0.25, 0.3) is 0 Å². The van der Waals surface area contributed by atoms with E-state index in [0.29, 0.717) is 44.6 Å². The Morgan fingerprint density at radius 3 is 2.36 bits per heavy atom. The highest BCUT2D eigenvalue weighted by Crippen LogP contribution is 2.33. The number of anilines is 2. The van der Waals surface area contributed by atoms with E-state index in [4.69, 9.17) is 16.7 Å². The molecule has 1 saturated heterocycles. The van der Waals surface area contributed by atoms with Crippen molar-refractivity contribution in [2.24, 2.45) is 0 Å². The molecule has 0 atom stereocenters. The second-order valence-electron chi connectivity index (χ2n) is 6.26. The van der Waals surface area contributed by atoms with Crippen molar-refractivity contribution in [2.45, 2.75) is 12.7 Å². The minimum atomic E-state index is -4.60. The first kappa shape index (κ1) is 20.2. The van der Waals surface area contributed by atoms with Gasteiger partial charge in [-0.15, -0.1) is 0 Å². The lowest BCUT2D eigenvalue weighted by Gasteiger charge is -2.33. The van der Waals surface area contributed by atoms with Crippen molar-refractivity contribution in [3.63, 3.8) is 0 Å². The van der Waals surface area contributed by atoms with Crippen molar-refractivity contribution in [1.29, 1.82) is 0 Å². The van der Waals surface area contributed by atoms with E-state index in [-0.39, 0.29) is 5.95 Å². The minimum absolute atomic E-state index is 0.0319. The molecule has 2 N–H and O–H groups in total. The quantitative estimate of drug-likeness (QED) is 0.741. The Hall–Kier alpha value is -2.59. The van der Waals surface area contributed by atoms with Gasteiger partial charge in [-0.2, -0.15) is 13.2 Å². The van der Waals surface area contributed by atoms with E-state index in [1.165, 1.54) is 4.90 Å². The maximum Gasteiger partial charge on any atom is 0.420 e. The van der Waals surface area contributed by atoms with Crippen LogP contribution >= 0.6 is 11.6 Å². The van der Waals surface area contributed by atoms with Gasteiger partial charge in [-0.05, 0) is 17.7 Å². The largest absolute Gasteiger partial charge is 0.465 e. The average Bonchev–Trinajstić information content (AvgIpc) is 2.63. The number of carboxylic acid groups (broad SMARTS) is 1. The molecule has 0 saturated carbocycles. The van der Waals surface area contributed by atoms with E-state index in [9.17, 15) is 18.0 Å². The Morgan fingerprint density at radius 2 is 1.82 bits per heavy atom. The van der Waals surface area contributed by atoms with Gasteiger partial charge in [-0.3, -0.25) is 4.90 Å². The van der Waals surface area contributed by atoms with Crippen LogP contribution in [0.5, 0.6) is 0 Å². The van der Waals surface area contributed by atoms with Crippen LogP contribution in [-0.2, 0) is 12.7 Å². The standard InChI is InChI=1S/C17H17ClF3N5O2/c18-14-13(17(19,20)21)9-22-15(24-14)23-12-3-1-11(2-4-12)10-25-5-7-26(8-6-25)16(27)28/h1-4,9H,5-8,10H2,(H,27,28)(H,22,23,24). The van der Waals surface area contributed by atoms with E-state index < -0.39 is 23.0 Å². The number of alkyl halides is 3. The lowest BCUT2D eigenvalue weighted by Crippen LogP contribution is -2.47. The number of hydrogen-bond donors (Lipinski definition) is 2. The Bertz CT molecular complexity index is 840. The molecule has 0 aliphatic carbocycles. The van der Waals surface area contributed by atoms with Crippen LogP contribution in [0.15, 0.2) is 30.5 Å².